The topological polar surface area (TPSA) is 85.3 Å². The second-order valence-corrected chi connectivity index (χ2v) is 7.41. The maximum Gasteiger partial charge on any atom is 0.247 e. The third kappa shape index (κ3) is 5.54. The Morgan fingerprint density at radius 3 is 2.62 bits per heavy atom. The van der Waals surface area contributed by atoms with Gasteiger partial charge in [0.25, 0.3) is 0 Å². The Morgan fingerprint density at radius 2 is 1.92 bits per heavy atom. The number of hydrogen-bond acceptors (Lipinski definition) is 5. The predicted octanol–water partition coefficient (Wildman–Crippen LogP) is 3.65. The van der Waals surface area contributed by atoms with Gasteiger partial charge >= 0.3 is 0 Å². The maximum atomic E-state index is 11.4. The van der Waals surface area contributed by atoms with Crippen molar-refractivity contribution in [1.82, 2.24) is 15.1 Å². The van der Waals surface area contributed by atoms with E-state index in [0.717, 1.165) is 24.4 Å². The number of primary amides is 1. The van der Waals surface area contributed by atoms with Crippen molar-refractivity contribution in [2.45, 2.75) is 45.1 Å². The van der Waals surface area contributed by atoms with E-state index in [9.17, 15) is 4.79 Å². The van der Waals surface area contributed by atoms with E-state index >= 15 is 0 Å². The third-order valence-electron chi connectivity index (χ3n) is 4.87. The number of carbonyl (C=O) groups excluding carboxylic acids is 1. The first-order valence-electron chi connectivity index (χ1n) is 9.19. The number of hydrogen-bond donors (Lipinski definition) is 1. The number of amides is 1. The van der Waals surface area contributed by atoms with Crippen molar-refractivity contribution in [3.63, 3.8) is 0 Å². The van der Waals surface area contributed by atoms with E-state index in [4.69, 9.17) is 21.8 Å². The molecule has 0 bridgehead atoms. The van der Waals surface area contributed by atoms with Crippen molar-refractivity contribution in [1.29, 1.82) is 0 Å². The minimum atomic E-state index is -0.342. The molecule has 6 nitrogen and oxygen atoms in total. The molecule has 1 fully saturated rings. The summed E-state index contributed by atoms with van der Waals surface area (Å²) < 4.78 is 5.75. The van der Waals surface area contributed by atoms with Crippen LogP contribution in [-0.4, -0.2) is 34.1 Å². The molecule has 0 aliphatic heterocycles. The fourth-order valence-corrected chi connectivity index (χ4v) is 3.62. The fourth-order valence-electron chi connectivity index (χ4n) is 3.49. The van der Waals surface area contributed by atoms with Gasteiger partial charge in [0, 0.05) is 10.6 Å². The van der Waals surface area contributed by atoms with E-state index in [-0.39, 0.29) is 12.5 Å². The van der Waals surface area contributed by atoms with E-state index in [1.165, 1.54) is 32.1 Å². The fraction of sp³-hybridized carbons (Fsp3) is 0.526. The van der Waals surface area contributed by atoms with Crippen LogP contribution in [0.5, 0.6) is 0 Å². The minimum absolute atomic E-state index is 0.200. The lowest BCUT2D eigenvalue weighted by Gasteiger charge is -2.25. The van der Waals surface area contributed by atoms with Crippen molar-refractivity contribution in [2.24, 2.45) is 11.7 Å². The molecule has 1 amide bonds. The summed E-state index contributed by atoms with van der Waals surface area (Å²) in [7, 11) is 0. The molecule has 1 aromatic carbocycles. The first-order valence-corrected chi connectivity index (χ1v) is 9.57. The smallest absolute Gasteiger partial charge is 0.247 e. The molecule has 140 valence electrons. The molecule has 1 heterocycles. The molecule has 0 radical (unpaired) electrons. The zero-order valence-corrected chi connectivity index (χ0v) is 15.6. The molecular formula is C19H25ClN4O2. The standard InChI is InChI=1S/C19H25ClN4O2/c20-16-8-6-15(7-9-16)19-23-22-18(26-19)13-24(12-17(21)25)11-10-14-4-2-1-3-5-14/h6-9,14H,1-5,10-13H2,(H2,21,25). The molecule has 1 aliphatic carbocycles. The van der Waals surface area contributed by atoms with E-state index in [0.29, 0.717) is 23.3 Å². The van der Waals surface area contributed by atoms with Crippen LogP contribution >= 0.6 is 11.6 Å². The highest BCUT2D eigenvalue weighted by Gasteiger charge is 2.18. The molecule has 3 rings (SSSR count). The van der Waals surface area contributed by atoms with Crippen LogP contribution in [0.15, 0.2) is 28.7 Å². The van der Waals surface area contributed by atoms with Crippen LogP contribution in [0.3, 0.4) is 0 Å². The SMILES string of the molecule is NC(=O)CN(CCC1CCCCC1)Cc1nnc(-c2ccc(Cl)cc2)o1. The van der Waals surface area contributed by atoms with Gasteiger partial charge in [-0.15, -0.1) is 10.2 Å². The van der Waals surface area contributed by atoms with Crippen molar-refractivity contribution >= 4 is 17.5 Å². The van der Waals surface area contributed by atoms with Crippen LogP contribution in [0.25, 0.3) is 11.5 Å². The first-order chi connectivity index (χ1) is 12.6. The van der Waals surface area contributed by atoms with Crippen LogP contribution in [0, 0.1) is 5.92 Å². The number of halogens is 1. The summed E-state index contributed by atoms with van der Waals surface area (Å²) in [4.78, 5) is 13.4. The average molecular weight is 377 g/mol. The summed E-state index contributed by atoms with van der Waals surface area (Å²) in [6.45, 7) is 1.44. The van der Waals surface area contributed by atoms with Gasteiger partial charge in [0.1, 0.15) is 0 Å². The number of benzene rings is 1. The molecule has 0 unspecified atom stereocenters. The number of nitrogens with two attached hydrogens (primary N) is 1. The molecule has 1 aromatic heterocycles. The molecular weight excluding hydrogens is 352 g/mol. The molecule has 2 aromatic rings. The van der Waals surface area contributed by atoms with Gasteiger partial charge in [-0.05, 0) is 43.1 Å². The second-order valence-electron chi connectivity index (χ2n) is 6.98. The Bertz CT molecular complexity index is 711. The lowest BCUT2D eigenvalue weighted by Crippen LogP contribution is -2.35. The van der Waals surface area contributed by atoms with Crippen LogP contribution in [-0.2, 0) is 11.3 Å². The van der Waals surface area contributed by atoms with Crippen molar-refractivity contribution in [3.8, 4) is 11.5 Å². The first kappa shape index (κ1) is 18.9. The van der Waals surface area contributed by atoms with Crippen LogP contribution in [0.4, 0.5) is 0 Å². The summed E-state index contributed by atoms with van der Waals surface area (Å²) in [5.41, 5.74) is 6.22. The van der Waals surface area contributed by atoms with Crippen molar-refractivity contribution < 1.29 is 9.21 Å². The number of carbonyl (C=O) groups is 1. The monoisotopic (exact) mass is 376 g/mol. The molecule has 0 saturated heterocycles. The van der Waals surface area contributed by atoms with Gasteiger partial charge in [0.05, 0.1) is 13.1 Å². The molecule has 0 atom stereocenters. The van der Waals surface area contributed by atoms with Gasteiger partial charge in [-0.2, -0.15) is 0 Å². The summed E-state index contributed by atoms with van der Waals surface area (Å²) in [5, 5.41) is 8.87. The Kier molecular flexibility index (Phi) is 6.63. The largest absolute Gasteiger partial charge is 0.419 e. The number of rotatable bonds is 8. The Balaban J connectivity index is 1.60. The molecule has 2 N–H and O–H groups in total. The molecule has 1 aliphatic rings. The van der Waals surface area contributed by atoms with E-state index in [1.807, 2.05) is 17.0 Å². The van der Waals surface area contributed by atoms with Crippen LogP contribution in [0.2, 0.25) is 5.02 Å². The van der Waals surface area contributed by atoms with Crippen LogP contribution in [0.1, 0.15) is 44.4 Å². The third-order valence-corrected chi connectivity index (χ3v) is 5.13. The number of aromatic nitrogens is 2. The van der Waals surface area contributed by atoms with Gasteiger partial charge in [-0.25, -0.2) is 0 Å². The predicted molar refractivity (Wildman–Crippen MR) is 100 cm³/mol. The van der Waals surface area contributed by atoms with Gasteiger partial charge in [0.2, 0.25) is 17.7 Å². The zero-order valence-electron chi connectivity index (χ0n) is 14.9. The zero-order chi connectivity index (χ0) is 18.4. The molecule has 0 spiro atoms. The van der Waals surface area contributed by atoms with E-state index in [1.54, 1.807) is 12.1 Å². The Hall–Kier alpha value is -1.92. The Labute approximate surface area is 158 Å². The quantitative estimate of drug-likeness (QED) is 0.760. The van der Waals surface area contributed by atoms with Crippen molar-refractivity contribution in [2.75, 3.05) is 13.1 Å². The lowest BCUT2D eigenvalue weighted by molar-refractivity contribution is -0.119. The normalized spacial score (nSPS) is 15.5. The summed E-state index contributed by atoms with van der Waals surface area (Å²) >= 11 is 5.90. The van der Waals surface area contributed by atoms with Gasteiger partial charge in [-0.1, -0.05) is 43.7 Å². The maximum absolute atomic E-state index is 11.4. The second kappa shape index (κ2) is 9.14. The molecule has 26 heavy (non-hydrogen) atoms. The van der Waals surface area contributed by atoms with Gasteiger partial charge in [0.15, 0.2) is 0 Å². The van der Waals surface area contributed by atoms with Gasteiger partial charge in [-0.3, -0.25) is 9.69 Å². The van der Waals surface area contributed by atoms with E-state index < -0.39 is 0 Å². The Morgan fingerprint density at radius 1 is 1.19 bits per heavy atom. The highest BCUT2D eigenvalue weighted by Crippen LogP contribution is 2.26. The summed E-state index contributed by atoms with van der Waals surface area (Å²) in [5.74, 6) is 1.33. The average Bonchev–Trinajstić information content (AvgIpc) is 3.09. The minimum Gasteiger partial charge on any atom is -0.419 e. The number of nitrogens with zero attached hydrogens (tertiary/aromatic N) is 3. The van der Waals surface area contributed by atoms with Crippen molar-refractivity contribution in [3.05, 3.63) is 35.2 Å². The van der Waals surface area contributed by atoms with Gasteiger partial charge < -0.3 is 10.2 Å². The molecule has 7 heteroatoms. The summed E-state index contributed by atoms with van der Waals surface area (Å²) in [6.07, 6.45) is 7.61. The van der Waals surface area contributed by atoms with Crippen LogP contribution < -0.4 is 5.73 Å². The molecule has 1 saturated carbocycles. The highest BCUT2D eigenvalue weighted by atomic mass is 35.5. The lowest BCUT2D eigenvalue weighted by atomic mass is 9.87. The van der Waals surface area contributed by atoms with E-state index in [2.05, 4.69) is 10.2 Å². The summed E-state index contributed by atoms with van der Waals surface area (Å²) in [6, 6.07) is 7.24. The highest BCUT2D eigenvalue weighted by molar-refractivity contribution is 6.30.